The minimum atomic E-state index is -0.422. The van der Waals surface area contributed by atoms with E-state index in [0.29, 0.717) is 18.0 Å². The average molecular weight is 313 g/mol. The van der Waals surface area contributed by atoms with Crippen LogP contribution in [0.5, 0.6) is 0 Å². The van der Waals surface area contributed by atoms with Gasteiger partial charge in [-0.15, -0.1) is 11.8 Å². The molecule has 0 aliphatic carbocycles. The Bertz CT molecular complexity index is 526. The SMILES string of the molecule is O=C(N[C@@H]1CCSc2ccc(Cl)cc21)[C@@H]1C[C@@H](O)CN1. The Kier molecular flexibility index (Phi) is 4.21. The Labute approximate surface area is 127 Å². The molecule has 1 fully saturated rings. The van der Waals surface area contributed by atoms with Gasteiger partial charge in [-0.1, -0.05) is 11.6 Å². The van der Waals surface area contributed by atoms with E-state index in [0.717, 1.165) is 17.7 Å². The maximum Gasteiger partial charge on any atom is 0.237 e. The van der Waals surface area contributed by atoms with Crippen LogP contribution in [0.3, 0.4) is 0 Å². The molecule has 1 saturated heterocycles. The molecule has 6 heteroatoms. The van der Waals surface area contributed by atoms with E-state index in [1.54, 1.807) is 11.8 Å². The highest BCUT2D eigenvalue weighted by Gasteiger charge is 2.30. The number of benzene rings is 1. The predicted octanol–water partition coefficient (Wildman–Crippen LogP) is 1.72. The van der Waals surface area contributed by atoms with Crippen LogP contribution in [-0.4, -0.2) is 35.5 Å². The topological polar surface area (TPSA) is 61.4 Å². The zero-order valence-corrected chi connectivity index (χ0v) is 12.5. The largest absolute Gasteiger partial charge is 0.392 e. The summed E-state index contributed by atoms with van der Waals surface area (Å²) in [6.07, 6.45) is 0.962. The van der Waals surface area contributed by atoms with E-state index in [1.165, 1.54) is 4.90 Å². The molecule has 1 amide bonds. The summed E-state index contributed by atoms with van der Waals surface area (Å²) < 4.78 is 0. The molecule has 1 aromatic carbocycles. The fourth-order valence-electron chi connectivity index (χ4n) is 2.70. The summed E-state index contributed by atoms with van der Waals surface area (Å²) in [5.74, 6) is 0.949. The van der Waals surface area contributed by atoms with Gasteiger partial charge < -0.3 is 15.7 Å². The van der Waals surface area contributed by atoms with Crippen molar-refractivity contribution >= 4 is 29.3 Å². The molecule has 20 heavy (non-hydrogen) atoms. The van der Waals surface area contributed by atoms with Gasteiger partial charge in [-0.2, -0.15) is 0 Å². The van der Waals surface area contributed by atoms with Gasteiger partial charge in [-0.05, 0) is 36.6 Å². The minimum absolute atomic E-state index is 0.0111. The monoisotopic (exact) mass is 312 g/mol. The summed E-state index contributed by atoms with van der Waals surface area (Å²) in [6, 6.07) is 5.55. The van der Waals surface area contributed by atoms with Gasteiger partial charge in [0, 0.05) is 22.2 Å². The van der Waals surface area contributed by atoms with Crippen LogP contribution < -0.4 is 10.6 Å². The van der Waals surface area contributed by atoms with Gasteiger partial charge in [0.05, 0.1) is 18.2 Å². The van der Waals surface area contributed by atoms with Gasteiger partial charge in [-0.3, -0.25) is 4.79 Å². The number of aliphatic hydroxyl groups excluding tert-OH is 1. The number of nitrogens with one attached hydrogen (secondary N) is 2. The molecule has 0 radical (unpaired) electrons. The Hall–Kier alpha value is -0.750. The number of carbonyl (C=O) groups is 1. The first-order valence-corrected chi connectivity index (χ1v) is 8.14. The number of aliphatic hydroxyl groups is 1. The highest BCUT2D eigenvalue weighted by atomic mass is 35.5. The molecule has 108 valence electrons. The second-order valence-electron chi connectivity index (χ2n) is 5.23. The number of thioether (sulfide) groups is 1. The van der Waals surface area contributed by atoms with E-state index in [-0.39, 0.29) is 18.0 Å². The van der Waals surface area contributed by atoms with Crippen molar-refractivity contribution in [3.8, 4) is 0 Å². The molecule has 3 rings (SSSR count). The third-order valence-electron chi connectivity index (χ3n) is 3.75. The Balaban J connectivity index is 1.73. The number of rotatable bonds is 2. The van der Waals surface area contributed by atoms with Gasteiger partial charge in [-0.25, -0.2) is 0 Å². The van der Waals surface area contributed by atoms with Gasteiger partial charge in [0.1, 0.15) is 0 Å². The molecule has 2 heterocycles. The summed E-state index contributed by atoms with van der Waals surface area (Å²) in [5, 5.41) is 16.3. The van der Waals surface area contributed by atoms with E-state index < -0.39 is 6.10 Å². The summed E-state index contributed by atoms with van der Waals surface area (Å²) in [5.41, 5.74) is 1.10. The molecule has 4 nitrogen and oxygen atoms in total. The van der Waals surface area contributed by atoms with E-state index in [4.69, 9.17) is 11.6 Å². The lowest BCUT2D eigenvalue weighted by Gasteiger charge is -2.27. The van der Waals surface area contributed by atoms with E-state index in [1.807, 2.05) is 18.2 Å². The zero-order valence-electron chi connectivity index (χ0n) is 10.9. The van der Waals surface area contributed by atoms with Crippen LogP contribution in [0.4, 0.5) is 0 Å². The lowest BCUT2D eigenvalue weighted by molar-refractivity contribution is -0.123. The summed E-state index contributed by atoms with van der Waals surface area (Å²) in [7, 11) is 0. The average Bonchev–Trinajstić information content (AvgIpc) is 2.86. The molecule has 2 aliphatic heterocycles. The first kappa shape index (κ1) is 14.2. The van der Waals surface area contributed by atoms with Crippen LogP contribution >= 0.6 is 23.4 Å². The zero-order chi connectivity index (χ0) is 14.1. The van der Waals surface area contributed by atoms with Crippen LogP contribution in [0.25, 0.3) is 0 Å². The maximum atomic E-state index is 12.2. The summed E-state index contributed by atoms with van der Waals surface area (Å²) >= 11 is 7.85. The fourth-order valence-corrected chi connectivity index (χ4v) is 3.99. The van der Waals surface area contributed by atoms with Gasteiger partial charge in [0.15, 0.2) is 0 Å². The fraction of sp³-hybridized carbons (Fsp3) is 0.500. The highest BCUT2D eigenvalue weighted by molar-refractivity contribution is 7.99. The van der Waals surface area contributed by atoms with Crippen molar-refractivity contribution in [1.82, 2.24) is 10.6 Å². The number of amides is 1. The third-order valence-corrected chi connectivity index (χ3v) is 5.11. The molecule has 0 unspecified atom stereocenters. The first-order chi connectivity index (χ1) is 9.63. The molecular weight excluding hydrogens is 296 g/mol. The molecule has 0 saturated carbocycles. The standard InChI is InChI=1S/C14H17ClN2O2S/c15-8-1-2-13-10(5-8)11(3-4-20-13)17-14(19)12-6-9(18)7-16-12/h1-2,5,9,11-12,16,18H,3-4,6-7H2,(H,17,19)/t9-,11-,12+/m1/s1. The smallest absolute Gasteiger partial charge is 0.237 e. The Morgan fingerprint density at radius 1 is 1.50 bits per heavy atom. The molecular formula is C14H17ClN2O2S. The number of hydrogen-bond donors (Lipinski definition) is 3. The molecule has 0 bridgehead atoms. The van der Waals surface area contributed by atoms with Crippen molar-refractivity contribution in [3.05, 3.63) is 28.8 Å². The van der Waals surface area contributed by atoms with Crippen LogP contribution in [0.1, 0.15) is 24.4 Å². The number of hydrogen-bond acceptors (Lipinski definition) is 4. The summed E-state index contributed by atoms with van der Waals surface area (Å²) in [6.45, 7) is 0.487. The van der Waals surface area contributed by atoms with Gasteiger partial charge in [0.2, 0.25) is 5.91 Å². The molecule has 3 N–H and O–H groups in total. The van der Waals surface area contributed by atoms with Gasteiger partial charge >= 0.3 is 0 Å². The van der Waals surface area contributed by atoms with Crippen LogP contribution in [-0.2, 0) is 4.79 Å². The minimum Gasteiger partial charge on any atom is -0.392 e. The lowest BCUT2D eigenvalue weighted by Crippen LogP contribution is -2.42. The number of fused-ring (bicyclic) bond motifs is 1. The van der Waals surface area contributed by atoms with Crippen LogP contribution in [0, 0.1) is 0 Å². The number of carbonyl (C=O) groups excluding carboxylic acids is 1. The van der Waals surface area contributed by atoms with Crippen molar-refractivity contribution in [1.29, 1.82) is 0 Å². The second-order valence-corrected chi connectivity index (χ2v) is 6.80. The van der Waals surface area contributed by atoms with Crippen molar-refractivity contribution in [2.45, 2.75) is 35.9 Å². The lowest BCUT2D eigenvalue weighted by atomic mass is 10.0. The van der Waals surface area contributed by atoms with E-state index in [9.17, 15) is 9.90 Å². The molecule has 0 spiro atoms. The normalized spacial score (nSPS) is 29.0. The quantitative estimate of drug-likeness (QED) is 0.778. The van der Waals surface area contributed by atoms with E-state index >= 15 is 0 Å². The number of β-amino-alcohol motifs (C(OH)–C–C–N with tert-alkyl or cyclic N) is 1. The predicted molar refractivity (Wildman–Crippen MR) is 80.1 cm³/mol. The third kappa shape index (κ3) is 2.96. The van der Waals surface area contributed by atoms with Crippen molar-refractivity contribution in [2.75, 3.05) is 12.3 Å². The molecule has 2 aliphatic rings. The van der Waals surface area contributed by atoms with E-state index in [2.05, 4.69) is 10.6 Å². The van der Waals surface area contributed by atoms with Gasteiger partial charge in [0.25, 0.3) is 0 Å². The van der Waals surface area contributed by atoms with Crippen LogP contribution in [0.15, 0.2) is 23.1 Å². The Morgan fingerprint density at radius 3 is 3.10 bits per heavy atom. The Morgan fingerprint density at radius 2 is 2.35 bits per heavy atom. The number of halogens is 1. The molecule has 1 aromatic rings. The highest BCUT2D eigenvalue weighted by Crippen LogP contribution is 2.37. The second kappa shape index (κ2) is 5.93. The molecule has 0 aromatic heterocycles. The van der Waals surface area contributed by atoms with Crippen molar-refractivity contribution in [3.63, 3.8) is 0 Å². The summed E-state index contributed by atoms with van der Waals surface area (Å²) in [4.78, 5) is 13.4. The van der Waals surface area contributed by atoms with Crippen LogP contribution in [0.2, 0.25) is 5.02 Å². The first-order valence-electron chi connectivity index (χ1n) is 6.77. The van der Waals surface area contributed by atoms with Crippen molar-refractivity contribution in [2.24, 2.45) is 0 Å². The maximum absolute atomic E-state index is 12.2. The van der Waals surface area contributed by atoms with Crippen molar-refractivity contribution < 1.29 is 9.90 Å². The molecule has 3 atom stereocenters.